The van der Waals surface area contributed by atoms with Crippen molar-refractivity contribution in [2.75, 3.05) is 26.9 Å². The first kappa shape index (κ1) is 21.9. The van der Waals surface area contributed by atoms with E-state index in [-0.39, 0.29) is 24.0 Å². The summed E-state index contributed by atoms with van der Waals surface area (Å²) in [6.07, 6.45) is 1.61. The minimum atomic E-state index is -0.735. The SMILES string of the molecule is CCOc1ccc(/C(O)=C2\C(=O)C(=O)N(CC3CCCO3)C2c2cccc(OC)c2)cc1. The molecule has 0 aromatic heterocycles. The van der Waals surface area contributed by atoms with E-state index >= 15 is 0 Å². The van der Waals surface area contributed by atoms with Gasteiger partial charge in [-0.1, -0.05) is 12.1 Å². The summed E-state index contributed by atoms with van der Waals surface area (Å²) in [5.74, 6) is -0.296. The first-order chi connectivity index (χ1) is 15.5. The van der Waals surface area contributed by atoms with Gasteiger partial charge in [0.1, 0.15) is 17.3 Å². The van der Waals surface area contributed by atoms with Gasteiger partial charge in [-0.2, -0.15) is 0 Å². The zero-order valence-corrected chi connectivity index (χ0v) is 18.2. The van der Waals surface area contributed by atoms with Gasteiger partial charge in [-0.15, -0.1) is 0 Å². The molecule has 2 aromatic carbocycles. The summed E-state index contributed by atoms with van der Waals surface area (Å²) >= 11 is 0. The van der Waals surface area contributed by atoms with E-state index in [1.807, 2.05) is 13.0 Å². The van der Waals surface area contributed by atoms with Crippen LogP contribution in [0.25, 0.3) is 5.76 Å². The van der Waals surface area contributed by atoms with Crippen LogP contribution in [0, 0.1) is 0 Å². The molecule has 7 heteroatoms. The number of methoxy groups -OCH3 is 1. The van der Waals surface area contributed by atoms with Gasteiger partial charge in [-0.25, -0.2) is 0 Å². The number of nitrogens with zero attached hydrogens (tertiary/aromatic N) is 1. The van der Waals surface area contributed by atoms with Gasteiger partial charge in [-0.3, -0.25) is 9.59 Å². The fourth-order valence-corrected chi connectivity index (χ4v) is 4.27. The van der Waals surface area contributed by atoms with Crippen LogP contribution in [0.5, 0.6) is 11.5 Å². The molecule has 2 saturated heterocycles. The van der Waals surface area contributed by atoms with Gasteiger partial charge in [0, 0.05) is 18.7 Å². The molecule has 0 saturated carbocycles. The summed E-state index contributed by atoms with van der Waals surface area (Å²) < 4.78 is 16.5. The second kappa shape index (κ2) is 9.44. The first-order valence-corrected chi connectivity index (χ1v) is 10.8. The van der Waals surface area contributed by atoms with Crippen LogP contribution in [0.1, 0.15) is 36.9 Å². The number of carbonyl (C=O) groups is 2. The molecule has 2 unspecified atom stereocenters. The molecule has 0 spiro atoms. The molecule has 0 bridgehead atoms. The maximum Gasteiger partial charge on any atom is 0.295 e. The maximum atomic E-state index is 13.1. The Morgan fingerprint density at radius 1 is 1.16 bits per heavy atom. The largest absolute Gasteiger partial charge is 0.507 e. The Hall–Kier alpha value is -3.32. The Bertz CT molecular complexity index is 1020. The minimum Gasteiger partial charge on any atom is -0.507 e. The van der Waals surface area contributed by atoms with Gasteiger partial charge >= 0.3 is 0 Å². The highest BCUT2D eigenvalue weighted by Gasteiger charge is 2.47. The summed E-state index contributed by atoms with van der Waals surface area (Å²) in [6, 6.07) is 13.3. The predicted octanol–water partition coefficient (Wildman–Crippen LogP) is 3.69. The van der Waals surface area contributed by atoms with Crippen LogP contribution in [0.3, 0.4) is 0 Å². The Morgan fingerprint density at radius 3 is 2.59 bits per heavy atom. The maximum absolute atomic E-state index is 13.1. The van der Waals surface area contributed by atoms with Crippen molar-refractivity contribution in [1.82, 2.24) is 4.90 Å². The van der Waals surface area contributed by atoms with E-state index in [0.29, 0.717) is 35.8 Å². The number of hydrogen-bond acceptors (Lipinski definition) is 6. The van der Waals surface area contributed by atoms with E-state index in [4.69, 9.17) is 14.2 Å². The lowest BCUT2D eigenvalue weighted by atomic mass is 9.95. The number of likely N-dealkylation sites (tertiary alicyclic amines) is 1. The van der Waals surface area contributed by atoms with Gasteiger partial charge < -0.3 is 24.2 Å². The van der Waals surface area contributed by atoms with E-state index < -0.39 is 17.7 Å². The predicted molar refractivity (Wildman–Crippen MR) is 119 cm³/mol. The fourth-order valence-electron chi connectivity index (χ4n) is 4.27. The zero-order chi connectivity index (χ0) is 22.7. The van der Waals surface area contributed by atoms with Crippen molar-refractivity contribution in [2.45, 2.75) is 31.9 Å². The summed E-state index contributed by atoms with van der Waals surface area (Å²) in [5, 5.41) is 11.1. The average molecular weight is 437 g/mol. The van der Waals surface area contributed by atoms with Gasteiger partial charge in [0.2, 0.25) is 0 Å². The molecule has 0 aliphatic carbocycles. The van der Waals surface area contributed by atoms with E-state index in [2.05, 4.69) is 0 Å². The Labute approximate surface area is 187 Å². The first-order valence-electron chi connectivity index (χ1n) is 10.8. The van der Waals surface area contributed by atoms with Crippen LogP contribution in [-0.4, -0.2) is 54.7 Å². The average Bonchev–Trinajstić information content (AvgIpc) is 3.42. The van der Waals surface area contributed by atoms with Gasteiger partial charge in [0.25, 0.3) is 11.7 Å². The molecular formula is C25H27NO6. The van der Waals surface area contributed by atoms with Crippen LogP contribution < -0.4 is 9.47 Å². The summed E-state index contributed by atoms with van der Waals surface area (Å²) in [7, 11) is 1.56. The topological polar surface area (TPSA) is 85.3 Å². The van der Waals surface area contributed by atoms with E-state index in [1.165, 1.54) is 4.90 Å². The van der Waals surface area contributed by atoms with Gasteiger partial charge in [0.05, 0.1) is 31.4 Å². The van der Waals surface area contributed by atoms with Crippen LogP contribution in [0.4, 0.5) is 0 Å². The lowest BCUT2D eigenvalue weighted by Gasteiger charge is -2.27. The Morgan fingerprint density at radius 2 is 1.94 bits per heavy atom. The molecule has 4 rings (SSSR count). The van der Waals surface area contributed by atoms with E-state index in [1.54, 1.807) is 49.6 Å². The number of carbonyl (C=O) groups excluding carboxylic acids is 2. The molecule has 168 valence electrons. The number of aliphatic hydroxyl groups is 1. The van der Waals surface area contributed by atoms with Crippen molar-refractivity contribution in [3.8, 4) is 11.5 Å². The monoisotopic (exact) mass is 437 g/mol. The molecule has 0 radical (unpaired) electrons. The molecule has 1 amide bonds. The van der Waals surface area contributed by atoms with Gasteiger partial charge in [-0.05, 0) is 61.7 Å². The fraction of sp³-hybridized carbons (Fsp3) is 0.360. The third-order valence-electron chi connectivity index (χ3n) is 5.81. The lowest BCUT2D eigenvalue weighted by molar-refractivity contribution is -0.140. The molecule has 2 aliphatic heterocycles. The molecule has 32 heavy (non-hydrogen) atoms. The van der Waals surface area contributed by atoms with Crippen molar-refractivity contribution < 1.29 is 28.9 Å². The number of rotatable bonds is 7. The Kier molecular flexibility index (Phi) is 6.46. The second-order valence-corrected chi connectivity index (χ2v) is 7.82. The number of aliphatic hydroxyl groups excluding tert-OH is 1. The highest BCUT2D eigenvalue weighted by molar-refractivity contribution is 6.46. The van der Waals surface area contributed by atoms with Crippen molar-refractivity contribution in [1.29, 1.82) is 0 Å². The van der Waals surface area contributed by atoms with Crippen molar-refractivity contribution in [3.05, 3.63) is 65.2 Å². The number of amides is 1. The van der Waals surface area contributed by atoms with Crippen LogP contribution >= 0.6 is 0 Å². The number of ether oxygens (including phenoxy) is 3. The second-order valence-electron chi connectivity index (χ2n) is 7.82. The molecule has 2 aliphatic rings. The summed E-state index contributed by atoms with van der Waals surface area (Å²) in [4.78, 5) is 27.7. The highest BCUT2D eigenvalue weighted by atomic mass is 16.5. The van der Waals surface area contributed by atoms with E-state index in [0.717, 1.165) is 12.8 Å². The number of hydrogen-bond donors (Lipinski definition) is 1. The standard InChI is InChI=1S/C25H27NO6/c1-3-31-18-11-9-16(10-12-18)23(27)21-22(17-6-4-7-19(14-17)30-2)26(25(29)24(21)28)15-20-8-5-13-32-20/h4,6-7,9-12,14,20,22,27H,3,5,8,13,15H2,1-2H3/b23-21+. The molecule has 2 aromatic rings. The molecule has 7 nitrogen and oxygen atoms in total. The van der Waals surface area contributed by atoms with Crippen LogP contribution in [0.2, 0.25) is 0 Å². The third kappa shape index (κ3) is 4.21. The number of Topliss-reactive ketones (excluding diaryl/α,β-unsaturated/α-hetero) is 1. The number of ketones is 1. The van der Waals surface area contributed by atoms with Crippen molar-refractivity contribution in [3.63, 3.8) is 0 Å². The minimum absolute atomic E-state index is 0.0606. The summed E-state index contributed by atoms with van der Waals surface area (Å²) in [6.45, 7) is 3.34. The van der Waals surface area contributed by atoms with Gasteiger partial charge in [0.15, 0.2) is 0 Å². The zero-order valence-electron chi connectivity index (χ0n) is 18.2. The van der Waals surface area contributed by atoms with E-state index in [9.17, 15) is 14.7 Å². The lowest BCUT2D eigenvalue weighted by Crippen LogP contribution is -2.36. The van der Waals surface area contributed by atoms with Crippen LogP contribution in [-0.2, 0) is 14.3 Å². The molecule has 2 heterocycles. The molecule has 2 fully saturated rings. The number of benzene rings is 2. The molecule has 2 atom stereocenters. The Balaban J connectivity index is 1.79. The summed E-state index contributed by atoms with van der Waals surface area (Å²) in [5.41, 5.74) is 1.19. The highest BCUT2D eigenvalue weighted by Crippen LogP contribution is 2.41. The van der Waals surface area contributed by atoms with Crippen molar-refractivity contribution in [2.24, 2.45) is 0 Å². The van der Waals surface area contributed by atoms with Crippen LogP contribution in [0.15, 0.2) is 54.1 Å². The third-order valence-corrected chi connectivity index (χ3v) is 5.81. The van der Waals surface area contributed by atoms with Crippen molar-refractivity contribution >= 4 is 17.4 Å². The normalized spacial score (nSPS) is 22.4. The smallest absolute Gasteiger partial charge is 0.295 e. The quantitative estimate of drug-likeness (QED) is 0.404. The molecular weight excluding hydrogens is 410 g/mol. The molecule has 1 N–H and O–H groups in total.